The van der Waals surface area contributed by atoms with Crippen LogP contribution in [0, 0.1) is 0 Å². The summed E-state index contributed by atoms with van der Waals surface area (Å²) >= 11 is 10.2. The van der Waals surface area contributed by atoms with E-state index in [1.807, 2.05) is 0 Å². The number of amides is 2. The standard InChI is InChI=1S/C21H24N4O3S2/c1-3-4-13-28-18-11-5-15(6-12-18)19(27)25-21(30)24-17-9-7-16(8-10-17)23-20(29)22-14(2)26/h5-12H,3-4,13H2,1-2H3,(H2,22,23,26,29)(H2,24,25,27,30). The zero-order chi connectivity index (χ0) is 21.9. The van der Waals surface area contributed by atoms with Gasteiger partial charge in [0.1, 0.15) is 5.75 Å². The molecule has 0 unspecified atom stereocenters. The molecule has 30 heavy (non-hydrogen) atoms. The molecule has 0 aliphatic carbocycles. The van der Waals surface area contributed by atoms with Gasteiger partial charge < -0.3 is 20.7 Å². The van der Waals surface area contributed by atoms with Gasteiger partial charge in [-0.05, 0) is 79.4 Å². The van der Waals surface area contributed by atoms with E-state index in [1.165, 1.54) is 6.92 Å². The fourth-order valence-corrected chi connectivity index (χ4v) is 2.81. The lowest BCUT2D eigenvalue weighted by molar-refractivity contribution is -0.117. The van der Waals surface area contributed by atoms with Gasteiger partial charge in [0.25, 0.3) is 5.91 Å². The molecular weight excluding hydrogens is 420 g/mol. The molecule has 7 nitrogen and oxygen atoms in total. The van der Waals surface area contributed by atoms with Gasteiger partial charge in [-0.1, -0.05) is 13.3 Å². The van der Waals surface area contributed by atoms with Crippen LogP contribution in [0.4, 0.5) is 11.4 Å². The summed E-state index contributed by atoms with van der Waals surface area (Å²) in [7, 11) is 0. The highest BCUT2D eigenvalue weighted by Crippen LogP contribution is 2.14. The molecule has 2 aromatic carbocycles. The highest BCUT2D eigenvalue weighted by atomic mass is 32.1. The van der Waals surface area contributed by atoms with Crippen LogP contribution in [-0.2, 0) is 4.79 Å². The molecule has 0 aromatic heterocycles. The maximum Gasteiger partial charge on any atom is 0.257 e. The zero-order valence-corrected chi connectivity index (χ0v) is 18.4. The molecule has 0 aliphatic rings. The first-order valence-electron chi connectivity index (χ1n) is 9.41. The molecule has 0 radical (unpaired) electrons. The van der Waals surface area contributed by atoms with Crippen molar-refractivity contribution in [2.45, 2.75) is 26.7 Å². The smallest absolute Gasteiger partial charge is 0.257 e. The van der Waals surface area contributed by atoms with Gasteiger partial charge in [-0.2, -0.15) is 0 Å². The number of anilines is 2. The summed E-state index contributed by atoms with van der Waals surface area (Å²) in [6.07, 6.45) is 2.05. The predicted octanol–water partition coefficient (Wildman–Crippen LogP) is 3.83. The normalized spacial score (nSPS) is 9.93. The number of benzene rings is 2. The quantitative estimate of drug-likeness (QED) is 0.381. The van der Waals surface area contributed by atoms with Crippen LogP contribution in [-0.4, -0.2) is 28.6 Å². The van der Waals surface area contributed by atoms with E-state index in [0.717, 1.165) is 18.6 Å². The maximum absolute atomic E-state index is 12.3. The zero-order valence-electron chi connectivity index (χ0n) is 16.8. The van der Waals surface area contributed by atoms with Gasteiger partial charge in [0.2, 0.25) is 5.91 Å². The third-order valence-corrected chi connectivity index (χ3v) is 4.21. The van der Waals surface area contributed by atoms with Crippen molar-refractivity contribution in [3.05, 3.63) is 54.1 Å². The van der Waals surface area contributed by atoms with Crippen molar-refractivity contribution in [3.63, 3.8) is 0 Å². The number of hydrogen-bond acceptors (Lipinski definition) is 5. The first-order chi connectivity index (χ1) is 14.4. The summed E-state index contributed by atoms with van der Waals surface area (Å²) in [5.41, 5.74) is 1.87. The van der Waals surface area contributed by atoms with Crippen LogP contribution >= 0.6 is 24.4 Å². The molecule has 4 N–H and O–H groups in total. The van der Waals surface area contributed by atoms with Crippen molar-refractivity contribution in [3.8, 4) is 5.75 Å². The summed E-state index contributed by atoms with van der Waals surface area (Å²) < 4.78 is 5.59. The second-order valence-corrected chi connectivity index (χ2v) is 7.16. The van der Waals surface area contributed by atoms with Crippen LogP contribution < -0.4 is 26.0 Å². The number of hydrogen-bond donors (Lipinski definition) is 4. The Balaban J connectivity index is 1.84. The number of ether oxygens (including phenoxy) is 1. The third kappa shape index (κ3) is 8.14. The Morgan fingerprint density at radius 1 is 0.867 bits per heavy atom. The van der Waals surface area contributed by atoms with E-state index in [4.69, 9.17) is 29.2 Å². The molecule has 158 valence electrons. The number of carbonyl (C=O) groups is 2. The Morgan fingerprint density at radius 3 is 1.90 bits per heavy atom. The highest BCUT2D eigenvalue weighted by Gasteiger charge is 2.08. The average Bonchev–Trinajstić information content (AvgIpc) is 2.69. The van der Waals surface area contributed by atoms with Gasteiger partial charge in [-0.15, -0.1) is 0 Å². The van der Waals surface area contributed by atoms with Gasteiger partial charge in [-0.3, -0.25) is 14.9 Å². The monoisotopic (exact) mass is 444 g/mol. The molecule has 0 saturated carbocycles. The van der Waals surface area contributed by atoms with E-state index < -0.39 is 0 Å². The van der Waals surface area contributed by atoms with Crippen molar-refractivity contribution in [1.29, 1.82) is 0 Å². The minimum absolute atomic E-state index is 0.178. The fourth-order valence-electron chi connectivity index (χ4n) is 2.33. The number of nitrogens with one attached hydrogen (secondary N) is 4. The van der Waals surface area contributed by atoms with Crippen molar-refractivity contribution in [2.75, 3.05) is 17.2 Å². The third-order valence-electron chi connectivity index (χ3n) is 3.80. The second-order valence-electron chi connectivity index (χ2n) is 6.35. The Hall–Kier alpha value is -3.04. The minimum Gasteiger partial charge on any atom is -0.494 e. The Labute approximate surface area is 186 Å². The van der Waals surface area contributed by atoms with E-state index in [0.29, 0.717) is 23.5 Å². The molecular formula is C21H24N4O3S2. The summed E-state index contributed by atoms with van der Waals surface area (Å²) in [5.74, 6) is 0.171. The van der Waals surface area contributed by atoms with Crippen LogP contribution in [0.2, 0.25) is 0 Å². The molecule has 0 fully saturated rings. The molecule has 0 spiro atoms. The first-order valence-corrected chi connectivity index (χ1v) is 10.2. The van der Waals surface area contributed by atoms with Crippen LogP contribution in [0.1, 0.15) is 37.0 Å². The number of unbranched alkanes of at least 4 members (excludes halogenated alkanes) is 1. The second kappa shape index (κ2) is 11.8. The van der Waals surface area contributed by atoms with Gasteiger partial charge in [0.05, 0.1) is 6.61 Å². The van der Waals surface area contributed by atoms with E-state index >= 15 is 0 Å². The maximum atomic E-state index is 12.3. The van der Waals surface area contributed by atoms with Gasteiger partial charge in [0, 0.05) is 23.9 Å². The van der Waals surface area contributed by atoms with Crippen molar-refractivity contribution in [1.82, 2.24) is 10.6 Å². The highest BCUT2D eigenvalue weighted by molar-refractivity contribution is 7.80. The van der Waals surface area contributed by atoms with Crippen LogP contribution in [0.25, 0.3) is 0 Å². The topological polar surface area (TPSA) is 91.5 Å². The molecule has 2 amide bonds. The Kier molecular flexibility index (Phi) is 9.17. The van der Waals surface area contributed by atoms with Crippen LogP contribution in [0.3, 0.4) is 0 Å². The molecule has 0 heterocycles. The summed E-state index contributed by atoms with van der Waals surface area (Å²) in [5, 5.41) is 11.3. The molecule has 2 rings (SSSR count). The van der Waals surface area contributed by atoms with Crippen molar-refractivity contribution < 1.29 is 14.3 Å². The van der Waals surface area contributed by atoms with E-state index in [1.54, 1.807) is 48.5 Å². The minimum atomic E-state index is -0.313. The number of thiocarbonyl (C=S) groups is 2. The summed E-state index contributed by atoms with van der Waals surface area (Å²) in [6.45, 7) is 4.14. The van der Waals surface area contributed by atoms with E-state index in [9.17, 15) is 9.59 Å². The summed E-state index contributed by atoms with van der Waals surface area (Å²) in [6, 6.07) is 14.0. The average molecular weight is 445 g/mol. The van der Waals surface area contributed by atoms with Gasteiger partial charge in [-0.25, -0.2) is 0 Å². The number of carbonyl (C=O) groups excluding carboxylic acids is 2. The number of rotatable bonds is 7. The lowest BCUT2D eigenvalue weighted by Crippen LogP contribution is -2.34. The van der Waals surface area contributed by atoms with Gasteiger partial charge >= 0.3 is 0 Å². The largest absolute Gasteiger partial charge is 0.494 e. The molecule has 9 heteroatoms. The first kappa shape index (κ1) is 23.2. The Bertz CT molecular complexity index is 899. The van der Waals surface area contributed by atoms with E-state index in [2.05, 4.69) is 28.2 Å². The molecule has 0 bridgehead atoms. The Morgan fingerprint density at radius 2 is 1.40 bits per heavy atom. The predicted molar refractivity (Wildman–Crippen MR) is 127 cm³/mol. The van der Waals surface area contributed by atoms with Gasteiger partial charge in [0.15, 0.2) is 10.2 Å². The van der Waals surface area contributed by atoms with Crippen molar-refractivity contribution >= 4 is 57.8 Å². The lowest BCUT2D eigenvalue weighted by Gasteiger charge is -2.12. The SMILES string of the molecule is CCCCOc1ccc(C(=O)NC(=S)Nc2ccc(NC(=S)NC(C)=O)cc2)cc1. The van der Waals surface area contributed by atoms with Crippen LogP contribution in [0.15, 0.2) is 48.5 Å². The molecule has 0 saturated heterocycles. The fraction of sp³-hybridized carbons (Fsp3) is 0.238. The van der Waals surface area contributed by atoms with Crippen molar-refractivity contribution in [2.24, 2.45) is 0 Å². The molecule has 0 atom stereocenters. The van der Waals surface area contributed by atoms with E-state index in [-0.39, 0.29) is 22.0 Å². The summed E-state index contributed by atoms with van der Waals surface area (Å²) in [4.78, 5) is 23.3. The molecule has 2 aromatic rings. The van der Waals surface area contributed by atoms with Crippen LogP contribution in [0.5, 0.6) is 5.75 Å². The molecule has 0 aliphatic heterocycles. The lowest BCUT2D eigenvalue weighted by atomic mass is 10.2.